The molecule has 0 aliphatic carbocycles. The number of nitrogens with two attached hydrogens (primary N) is 1. The van der Waals surface area contributed by atoms with Crippen molar-refractivity contribution in [3.05, 3.63) is 40.1 Å². The molecule has 0 bridgehead atoms. The summed E-state index contributed by atoms with van der Waals surface area (Å²) >= 11 is 3.18. The molecule has 0 saturated heterocycles. The van der Waals surface area contributed by atoms with Gasteiger partial charge in [-0.25, -0.2) is 4.39 Å². The van der Waals surface area contributed by atoms with Gasteiger partial charge in [0.05, 0.1) is 0 Å². The number of hydrogen-bond donors (Lipinski definition) is 1. The van der Waals surface area contributed by atoms with Crippen molar-refractivity contribution in [3.8, 4) is 0 Å². The predicted octanol–water partition coefficient (Wildman–Crippen LogP) is 2.56. The Morgan fingerprint density at radius 3 is 2.83 bits per heavy atom. The number of halogens is 2. The van der Waals surface area contributed by atoms with Gasteiger partial charge >= 0.3 is 0 Å². The fourth-order valence-electron chi connectivity index (χ4n) is 0.832. The molecular weight excluding hydrogens is 221 g/mol. The van der Waals surface area contributed by atoms with E-state index < -0.39 is 0 Å². The van der Waals surface area contributed by atoms with E-state index in [1.807, 2.05) is 0 Å². The van der Waals surface area contributed by atoms with Crippen LogP contribution in [0.3, 0.4) is 0 Å². The maximum Gasteiger partial charge on any atom is 0.131 e. The predicted molar refractivity (Wildman–Crippen MR) is 52.2 cm³/mol. The van der Waals surface area contributed by atoms with Crippen LogP contribution in [0.4, 0.5) is 4.39 Å². The second-order valence-electron chi connectivity index (χ2n) is 2.30. The van der Waals surface area contributed by atoms with Crippen molar-refractivity contribution < 1.29 is 4.39 Å². The van der Waals surface area contributed by atoms with Crippen LogP contribution < -0.4 is 5.73 Å². The first-order chi connectivity index (χ1) is 5.74. The first-order valence-electron chi connectivity index (χ1n) is 3.55. The Hall–Kier alpha value is -0.670. The average molecular weight is 230 g/mol. The van der Waals surface area contributed by atoms with Crippen LogP contribution in [-0.2, 0) is 0 Å². The maximum atomic E-state index is 13.1. The Morgan fingerprint density at radius 2 is 2.25 bits per heavy atom. The molecule has 0 amide bonds. The van der Waals surface area contributed by atoms with Gasteiger partial charge in [0.2, 0.25) is 0 Å². The average Bonchev–Trinajstić information content (AvgIpc) is 2.03. The fraction of sp³-hybridized carbons (Fsp3) is 0.111. The molecule has 64 valence electrons. The van der Waals surface area contributed by atoms with Crippen LogP contribution in [-0.4, -0.2) is 6.54 Å². The summed E-state index contributed by atoms with van der Waals surface area (Å²) in [4.78, 5) is 0. The van der Waals surface area contributed by atoms with Gasteiger partial charge in [-0.3, -0.25) is 0 Å². The lowest BCUT2D eigenvalue weighted by Crippen LogP contribution is -1.92. The topological polar surface area (TPSA) is 26.0 Å². The normalized spacial score (nSPS) is 10.9. The molecule has 1 aromatic carbocycles. The first-order valence-corrected chi connectivity index (χ1v) is 4.35. The van der Waals surface area contributed by atoms with E-state index in [0.717, 1.165) is 4.47 Å². The molecule has 12 heavy (non-hydrogen) atoms. The lowest BCUT2D eigenvalue weighted by atomic mass is 10.2. The Kier molecular flexibility index (Phi) is 3.44. The lowest BCUT2D eigenvalue weighted by molar-refractivity contribution is 0.624. The standard InChI is InChI=1S/C9H9BrFN/c10-8-4-3-7(2-1-5-12)9(11)6-8/h1-4,6H,5,12H2. The molecule has 0 saturated carbocycles. The molecule has 2 N–H and O–H groups in total. The highest BCUT2D eigenvalue weighted by molar-refractivity contribution is 9.10. The summed E-state index contributed by atoms with van der Waals surface area (Å²) in [6.45, 7) is 0.426. The highest BCUT2D eigenvalue weighted by Crippen LogP contribution is 2.15. The van der Waals surface area contributed by atoms with Gasteiger partial charge in [0.15, 0.2) is 0 Å². The van der Waals surface area contributed by atoms with Gasteiger partial charge in [-0.05, 0) is 12.1 Å². The van der Waals surface area contributed by atoms with Crippen molar-refractivity contribution in [3.63, 3.8) is 0 Å². The van der Waals surface area contributed by atoms with Crippen molar-refractivity contribution in [1.29, 1.82) is 0 Å². The van der Waals surface area contributed by atoms with Gasteiger partial charge in [0.1, 0.15) is 5.82 Å². The number of hydrogen-bond acceptors (Lipinski definition) is 1. The Balaban J connectivity index is 2.94. The minimum absolute atomic E-state index is 0.242. The van der Waals surface area contributed by atoms with Crippen LogP contribution in [0, 0.1) is 5.82 Å². The van der Waals surface area contributed by atoms with Crippen LogP contribution in [0.1, 0.15) is 5.56 Å². The molecule has 0 radical (unpaired) electrons. The van der Waals surface area contributed by atoms with Gasteiger partial charge in [-0.15, -0.1) is 0 Å². The summed E-state index contributed by atoms with van der Waals surface area (Å²) < 4.78 is 13.8. The third kappa shape index (κ3) is 2.43. The molecule has 1 nitrogen and oxygen atoms in total. The van der Waals surface area contributed by atoms with E-state index in [2.05, 4.69) is 15.9 Å². The van der Waals surface area contributed by atoms with Gasteiger partial charge in [0, 0.05) is 16.6 Å². The largest absolute Gasteiger partial charge is 0.327 e. The summed E-state index contributed by atoms with van der Waals surface area (Å²) in [5.41, 5.74) is 5.80. The molecule has 0 atom stereocenters. The van der Waals surface area contributed by atoms with Crippen molar-refractivity contribution in [1.82, 2.24) is 0 Å². The summed E-state index contributed by atoms with van der Waals surface area (Å²) in [5.74, 6) is -0.242. The Bertz CT molecular complexity index is 297. The van der Waals surface area contributed by atoms with Gasteiger partial charge < -0.3 is 5.73 Å². The van der Waals surface area contributed by atoms with Gasteiger partial charge in [0.25, 0.3) is 0 Å². The Labute approximate surface area is 79.2 Å². The molecule has 0 unspecified atom stereocenters. The summed E-state index contributed by atoms with van der Waals surface area (Å²) in [6.07, 6.45) is 3.38. The molecular formula is C9H9BrFN. The van der Waals surface area contributed by atoms with Crippen LogP contribution in [0.25, 0.3) is 6.08 Å². The highest BCUT2D eigenvalue weighted by atomic mass is 79.9. The van der Waals surface area contributed by atoms with Crippen molar-refractivity contribution in [2.45, 2.75) is 0 Å². The van der Waals surface area contributed by atoms with Crippen molar-refractivity contribution >= 4 is 22.0 Å². The number of rotatable bonds is 2. The zero-order valence-electron chi connectivity index (χ0n) is 6.43. The highest BCUT2D eigenvalue weighted by Gasteiger charge is 1.97. The Morgan fingerprint density at radius 1 is 1.50 bits per heavy atom. The third-order valence-corrected chi connectivity index (χ3v) is 1.89. The SMILES string of the molecule is NCC=Cc1ccc(Br)cc1F. The molecule has 0 aromatic heterocycles. The number of benzene rings is 1. The monoisotopic (exact) mass is 229 g/mol. The van der Waals surface area contributed by atoms with Crippen molar-refractivity contribution in [2.24, 2.45) is 5.73 Å². The molecule has 3 heteroatoms. The summed E-state index contributed by atoms with van der Waals surface area (Å²) in [7, 11) is 0. The van der Waals surface area contributed by atoms with E-state index >= 15 is 0 Å². The minimum atomic E-state index is -0.242. The van der Waals surface area contributed by atoms with Crippen LogP contribution in [0.15, 0.2) is 28.7 Å². The second-order valence-corrected chi connectivity index (χ2v) is 3.22. The first kappa shape index (κ1) is 9.42. The third-order valence-electron chi connectivity index (χ3n) is 1.40. The van der Waals surface area contributed by atoms with Crippen LogP contribution >= 0.6 is 15.9 Å². The van der Waals surface area contributed by atoms with Crippen LogP contribution in [0.5, 0.6) is 0 Å². The molecule has 0 aliphatic heterocycles. The van der Waals surface area contributed by atoms with E-state index in [-0.39, 0.29) is 5.82 Å². The van der Waals surface area contributed by atoms with E-state index in [1.54, 1.807) is 24.3 Å². The van der Waals surface area contributed by atoms with Crippen LogP contribution in [0.2, 0.25) is 0 Å². The van der Waals surface area contributed by atoms with Gasteiger partial charge in [-0.1, -0.05) is 34.1 Å². The lowest BCUT2D eigenvalue weighted by Gasteiger charge is -1.96. The smallest absolute Gasteiger partial charge is 0.131 e. The molecule has 0 spiro atoms. The zero-order valence-corrected chi connectivity index (χ0v) is 8.01. The van der Waals surface area contributed by atoms with E-state index in [4.69, 9.17) is 5.73 Å². The van der Waals surface area contributed by atoms with E-state index in [1.165, 1.54) is 6.07 Å². The summed E-state index contributed by atoms with van der Waals surface area (Å²) in [6, 6.07) is 4.92. The quantitative estimate of drug-likeness (QED) is 0.830. The summed E-state index contributed by atoms with van der Waals surface area (Å²) in [5, 5.41) is 0. The molecule has 0 aliphatic rings. The molecule has 1 aromatic rings. The molecule has 0 fully saturated rings. The second kappa shape index (κ2) is 4.38. The van der Waals surface area contributed by atoms with Crippen molar-refractivity contribution in [2.75, 3.05) is 6.54 Å². The van der Waals surface area contributed by atoms with Gasteiger partial charge in [-0.2, -0.15) is 0 Å². The minimum Gasteiger partial charge on any atom is -0.327 e. The zero-order chi connectivity index (χ0) is 8.97. The van der Waals surface area contributed by atoms with E-state index in [9.17, 15) is 4.39 Å². The molecule has 0 heterocycles. The molecule has 1 rings (SSSR count). The van der Waals surface area contributed by atoms with E-state index in [0.29, 0.717) is 12.1 Å². The maximum absolute atomic E-state index is 13.1. The fourth-order valence-corrected chi connectivity index (χ4v) is 1.16.